The molecule has 7 heteroatoms. The number of ether oxygens (including phenoxy) is 2. The lowest BCUT2D eigenvalue weighted by atomic mass is 10.1. The van der Waals surface area contributed by atoms with Crippen LogP contribution in [0.3, 0.4) is 0 Å². The molecular weight excluding hydrogens is 422 g/mol. The fraction of sp³-hybridized carbons (Fsp3) is 0.385. The van der Waals surface area contributed by atoms with Crippen LogP contribution in [0.25, 0.3) is 0 Å². The Morgan fingerprint density at radius 3 is 2.15 bits per heavy atom. The predicted octanol–water partition coefficient (Wildman–Crippen LogP) is 3.25. The van der Waals surface area contributed by atoms with Crippen molar-refractivity contribution in [2.24, 2.45) is 0 Å². The van der Waals surface area contributed by atoms with Gasteiger partial charge in [0.15, 0.2) is 0 Å². The predicted molar refractivity (Wildman–Crippen MR) is 121 cm³/mol. The highest BCUT2D eigenvalue weighted by Gasteiger charge is 2.39. The molecule has 2 aromatic carbocycles. The van der Waals surface area contributed by atoms with E-state index in [9.17, 15) is 19.2 Å². The number of esters is 1. The molecule has 2 aromatic rings. The monoisotopic (exact) mass is 451 g/mol. The summed E-state index contributed by atoms with van der Waals surface area (Å²) in [4.78, 5) is 50.8. The minimum absolute atomic E-state index is 0.0176. The average Bonchev–Trinajstić information content (AvgIpc) is 3.35. The smallest absolute Gasteiger partial charge is 0.329 e. The maximum absolute atomic E-state index is 12.6. The van der Waals surface area contributed by atoms with E-state index >= 15 is 0 Å². The van der Waals surface area contributed by atoms with Crippen LogP contribution in [-0.2, 0) is 41.9 Å². The van der Waals surface area contributed by atoms with Gasteiger partial charge in [0.2, 0.25) is 5.78 Å². The normalized spacial score (nSPS) is 15.3. The van der Waals surface area contributed by atoms with Crippen molar-refractivity contribution in [1.29, 1.82) is 0 Å². The first-order valence-electron chi connectivity index (χ1n) is 11.3. The summed E-state index contributed by atoms with van der Waals surface area (Å²) in [6.45, 7) is 1.31. The van der Waals surface area contributed by atoms with E-state index in [2.05, 4.69) is 0 Å². The SMILES string of the molecule is O=C(CCCCOCc1ccccc1)C(=O)C(=O)N1CCC[C@H]1C(=O)OCc1ccccc1. The summed E-state index contributed by atoms with van der Waals surface area (Å²) in [6, 6.07) is 18.1. The molecular formula is C26H29NO6. The summed E-state index contributed by atoms with van der Waals surface area (Å²) >= 11 is 0. The molecule has 0 unspecified atom stereocenters. The number of rotatable bonds is 12. The molecule has 0 N–H and O–H groups in total. The number of carbonyl (C=O) groups is 4. The fourth-order valence-electron chi connectivity index (χ4n) is 3.70. The van der Waals surface area contributed by atoms with Gasteiger partial charge in [0.05, 0.1) is 6.61 Å². The molecule has 0 radical (unpaired) electrons. The van der Waals surface area contributed by atoms with E-state index in [1.807, 2.05) is 60.7 Å². The third-order valence-corrected chi connectivity index (χ3v) is 5.51. The number of amides is 1. The van der Waals surface area contributed by atoms with Crippen molar-refractivity contribution in [3.63, 3.8) is 0 Å². The standard InChI is InChI=1S/C26H29NO6/c28-23(15-7-8-17-32-18-20-10-3-1-4-11-20)24(29)25(30)27-16-9-14-22(27)26(31)33-19-21-12-5-2-6-13-21/h1-6,10-13,22H,7-9,14-19H2/t22-/m0/s1. The molecule has 0 saturated carbocycles. The van der Waals surface area contributed by atoms with Crippen molar-refractivity contribution in [3.8, 4) is 0 Å². The van der Waals surface area contributed by atoms with Gasteiger partial charge in [-0.05, 0) is 36.8 Å². The number of nitrogens with zero attached hydrogens (tertiary/aromatic N) is 1. The van der Waals surface area contributed by atoms with E-state index in [4.69, 9.17) is 9.47 Å². The summed E-state index contributed by atoms with van der Waals surface area (Å²) in [5, 5.41) is 0. The van der Waals surface area contributed by atoms with E-state index in [0.717, 1.165) is 11.1 Å². The molecule has 1 aliphatic rings. The lowest BCUT2D eigenvalue weighted by Gasteiger charge is -2.22. The van der Waals surface area contributed by atoms with Crippen LogP contribution in [0.15, 0.2) is 60.7 Å². The fourth-order valence-corrected chi connectivity index (χ4v) is 3.70. The van der Waals surface area contributed by atoms with Gasteiger partial charge >= 0.3 is 5.97 Å². The van der Waals surface area contributed by atoms with Gasteiger partial charge in [0.25, 0.3) is 11.7 Å². The zero-order chi connectivity index (χ0) is 23.5. The second-order valence-electron chi connectivity index (χ2n) is 8.00. The largest absolute Gasteiger partial charge is 0.459 e. The molecule has 1 aliphatic heterocycles. The lowest BCUT2D eigenvalue weighted by Crippen LogP contribution is -2.46. The summed E-state index contributed by atoms with van der Waals surface area (Å²) in [5.74, 6) is -3.27. The topological polar surface area (TPSA) is 90.0 Å². The third kappa shape index (κ3) is 7.36. The molecule has 0 spiro atoms. The number of benzene rings is 2. The number of carbonyl (C=O) groups excluding carboxylic acids is 4. The summed E-state index contributed by atoms with van der Waals surface area (Å²) in [6.07, 6.45) is 2.04. The highest BCUT2D eigenvalue weighted by molar-refractivity contribution is 6.63. The molecule has 1 heterocycles. The van der Waals surface area contributed by atoms with Crippen LogP contribution in [0.4, 0.5) is 0 Å². The molecule has 1 saturated heterocycles. The molecule has 1 amide bonds. The van der Waals surface area contributed by atoms with Gasteiger partial charge in [0.1, 0.15) is 12.6 Å². The van der Waals surface area contributed by atoms with Gasteiger partial charge in [0, 0.05) is 19.6 Å². The molecule has 0 aromatic heterocycles. The molecule has 0 aliphatic carbocycles. The minimum atomic E-state index is -1.07. The molecule has 1 fully saturated rings. The van der Waals surface area contributed by atoms with Crippen molar-refractivity contribution in [2.45, 2.75) is 51.4 Å². The van der Waals surface area contributed by atoms with Crippen LogP contribution in [0.5, 0.6) is 0 Å². The first kappa shape index (κ1) is 24.3. The number of hydrogen-bond donors (Lipinski definition) is 0. The molecule has 0 bridgehead atoms. The van der Waals surface area contributed by atoms with Gasteiger partial charge in [-0.15, -0.1) is 0 Å². The second kappa shape index (κ2) is 12.6. The van der Waals surface area contributed by atoms with Gasteiger partial charge in [-0.25, -0.2) is 4.79 Å². The van der Waals surface area contributed by atoms with Crippen molar-refractivity contribution in [3.05, 3.63) is 71.8 Å². The van der Waals surface area contributed by atoms with Gasteiger partial charge in [-0.3, -0.25) is 14.4 Å². The number of hydrogen-bond acceptors (Lipinski definition) is 6. The Labute approximate surface area is 193 Å². The van der Waals surface area contributed by atoms with Gasteiger partial charge in [-0.2, -0.15) is 0 Å². The number of likely N-dealkylation sites (tertiary alicyclic amines) is 1. The summed E-state index contributed by atoms with van der Waals surface area (Å²) < 4.78 is 10.9. The van der Waals surface area contributed by atoms with E-state index < -0.39 is 29.5 Å². The van der Waals surface area contributed by atoms with Crippen LogP contribution in [0.2, 0.25) is 0 Å². The Morgan fingerprint density at radius 2 is 1.48 bits per heavy atom. The highest BCUT2D eigenvalue weighted by Crippen LogP contribution is 2.20. The highest BCUT2D eigenvalue weighted by atomic mass is 16.5. The zero-order valence-electron chi connectivity index (χ0n) is 18.6. The lowest BCUT2D eigenvalue weighted by molar-refractivity contribution is -0.157. The Balaban J connectivity index is 1.38. The average molecular weight is 452 g/mol. The number of ketones is 2. The van der Waals surface area contributed by atoms with Crippen LogP contribution in [-0.4, -0.2) is 47.5 Å². The van der Waals surface area contributed by atoms with Crippen molar-refractivity contribution >= 4 is 23.4 Å². The maximum Gasteiger partial charge on any atom is 0.329 e. The molecule has 174 valence electrons. The zero-order valence-corrected chi connectivity index (χ0v) is 18.6. The first-order chi connectivity index (χ1) is 16.1. The number of unbranched alkanes of at least 4 members (excludes halogenated alkanes) is 1. The Bertz CT molecular complexity index is 944. The summed E-state index contributed by atoms with van der Waals surface area (Å²) in [5.41, 5.74) is 1.90. The molecule has 33 heavy (non-hydrogen) atoms. The van der Waals surface area contributed by atoms with E-state index in [0.29, 0.717) is 38.9 Å². The Morgan fingerprint density at radius 1 is 0.848 bits per heavy atom. The van der Waals surface area contributed by atoms with Crippen molar-refractivity contribution in [2.75, 3.05) is 13.2 Å². The van der Waals surface area contributed by atoms with E-state index in [-0.39, 0.29) is 19.6 Å². The van der Waals surface area contributed by atoms with Gasteiger partial charge in [-0.1, -0.05) is 60.7 Å². The van der Waals surface area contributed by atoms with Crippen LogP contribution < -0.4 is 0 Å². The van der Waals surface area contributed by atoms with E-state index in [1.54, 1.807) is 0 Å². The number of Topliss-reactive ketones (excluding diaryl/α,β-unsaturated/α-hetero) is 2. The quantitative estimate of drug-likeness (QED) is 0.213. The Hall–Kier alpha value is -3.32. The van der Waals surface area contributed by atoms with Crippen molar-refractivity contribution in [1.82, 2.24) is 4.90 Å². The molecule has 3 rings (SSSR count). The van der Waals surface area contributed by atoms with Crippen molar-refractivity contribution < 1.29 is 28.7 Å². The molecule has 1 atom stereocenters. The van der Waals surface area contributed by atoms with E-state index in [1.165, 1.54) is 4.90 Å². The molecule has 7 nitrogen and oxygen atoms in total. The third-order valence-electron chi connectivity index (χ3n) is 5.51. The first-order valence-corrected chi connectivity index (χ1v) is 11.3. The summed E-state index contributed by atoms with van der Waals surface area (Å²) in [7, 11) is 0. The van der Waals surface area contributed by atoms with Crippen LogP contribution in [0.1, 0.15) is 43.2 Å². The van der Waals surface area contributed by atoms with Gasteiger partial charge < -0.3 is 14.4 Å². The van der Waals surface area contributed by atoms with Crippen LogP contribution in [0, 0.1) is 0 Å². The maximum atomic E-state index is 12.6. The minimum Gasteiger partial charge on any atom is -0.459 e. The van der Waals surface area contributed by atoms with Crippen LogP contribution >= 0.6 is 0 Å². The Kier molecular flexibility index (Phi) is 9.32. The second-order valence-corrected chi connectivity index (χ2v) is 8.00.